The first-order valence-electron chi connectivity index (χ1n) is 8.02. The number of nitrogens with zero attached hydrogens (tertiary/aromatic N) is 1. The summed E-state index contributed by atoms with van der Waals surface area (Å²) in [6, 6.07) is 5.90. The standard InChI is InChI=1S/C17H25NO3/c1-2-16(13-20-12-15-6-3-4-10-18-15)8-9-17(21-16)7-5-11-19-14-17/h3-4,6,10H,2,5,7-9,11-14H2,1H3. The van der Waals surface area contributed by atoms with Crippen LogP contribution in [0.3, 0.4) is 0 Å². The number of aromatic nitrogens is 1. The quantitative estimate of drug-likeness (QED) is 0.836. The molecule has 0 aliphatic carbocycles. The zero-order chi connectivity index (χ0) is 14.6. The smallest absolute Gasteiger partial charge is 0.0925 e. The van der Waals surface area contributed by atoms with Gasteiger partial charge in [0.25, 0.3) is 0 Å². The first kappa shape index (κ1) is 14.9. The highest BCUT2D eigenvalue weighted by Crippen LogP contribution is 2.44. The summed E-state index contributed by atoms with van der Waals surface area (Å²) in [4.78, 5) is 4.29. The van der Waals surface area contributed by atoms with Gasteiger partial charge in [0.15, 0.2) is 0 Å². The SMILES string of the molecule is CCC1(COCc2ccccn2)CCC2(CCCOC2)O1. The second kappa shape index (κ2) is 6.42. The molecule has 0 saturated carbocycles. The molecule has 1 aromatic heterocycles. The van der Waals surface area contributed by atoms with Crippen molar-refractivity contribution in [3.63, 3.8) is 0 Å². The van der Waals surface area contributed by atoms with Crippen molar-refractivity contribution in [2.75, 3.05) is 19.8 Å². The van der Waals surface area contributed by atoms with Gasteiger partial charge in [-0.05, 0) is 44.2 Å². The van der Waals surface area contributed by atoms with E-state index in [2.05, 4.69) is 11.9 Å². The van der Waals surface area contributed by atoms with Crippen molar-refractivity contribution in [3.05, 3.63) is 30.1 Å². The maximum absolute atomic E-state index is 6.49. The molecule has 2 saturated heterocycles. The lowest BCUT2D eigenvalue weighted by molar-refractivity contribution is -0.178. The Hall–Kier alpha value is -0.970. The monoisotopic (exact) mass is 291 g/mol. The normalized spacial score (nSPS) is 32.6. The Morgan fingerprint density at radius 3 is 2.95 bits per heavy atom. The average Bonchev–Trinajstić information content (AvgIpc) is 2.88. The predicted octanol–water partition coefficient (Wildman–Crippen LogP) is 3.11. The third-order valence-corrected chi connectivity index (χ3v) is 4.74. The molecule has 2 unspecified atom stereocenters. The fourth-order valence-electron chi connectivity index (χ4n) is 3.40. The first-order valence-corrected chi connectivity index (χ1v) is 8.02. The van der Waals surface area contributed by atoms with Gasteiger partial charge in [-0.2, -0.15) is 0 Å². The van der Waals surface area contributed by atoms with Gasteiger partial charge >= 0.3 is 0 Å². The molecule has 0 amide bonds. The molecule has 21 heavy (non-hydrogen) atoms. The summed E-state index contributed by atoms with van der Waals surface area (Å²) in [5, 5.41) is 0. The van der Waals surface area contributed by atoms with Gasteiger partial charge in [0.2, 0.25) is 0 Å². The maximum atomic E-state index is 6.49. The minimum Gasteiger partial charge on any atom is -0.378 e. The van der Waals surface area contributed by atoms with E-state index in [9.17, 15) is 0 Å². The van der Waals surface area contributed by atoms with E-state index in [1.807, 2.05) is 18.2 Å². The van der Waals surface area contributed by atoms with Crippen molar-refractivity contribution in [3.8, 4) is 0 Å². The van der Waals surface area contributed by atoms with Gasteiger partial charge in [0.1, 0.15) is 0 Å². The van der Waals surface area contributed by atoms with E-state index in [0.717, 1.165) is 51.0 Å². The summed E-state index contributed by atoms with van der Waals surface area (Å²) >= 11 is 0. The molecule has 3 heterocycles. The molecular weight excluding hydrogens is 266 g/mol. The van der Waals surface area contributed by atoms with Gasteiger partial charge in [0, 0.05) is 12.8 Å². The molecule has 4 nitrogen and oxygen atoms in total. The average molecular weight is 291 g/mol. The zero-order valence-corrected chi connectivity index (χ0v) is 12.8. The number of rotatable bonds is 5. The van der Waals surface area contributed by atoms with Crippen LogP contribution in [0.25, 0.3) is 0 Å². The summed E-state index contributed by atoms with van der Waals surface area (Å²) in [7, 11) is 0. The summed E-state index contributed by atoms with van der Waals surface area (Å²) in [6.45, 7) is 5.00. The topological polar surface area (TPSA) is 40.6 Å². The molecule has 1 spiro atoms. The third kappa shape index (κ3) is 3.44. The van der Waals surface area contributed by atoms with Crippen LogP contribution in [0.15, 0.2) is 24.4 Å². The Balaban J connectivity index is 1.55. The minimum absolute atomic E-state index is 0.0530. The molecule has 0 bridgehead atoms. The summed E-state index contributed by atoms with van der Waals surface area (Å²) in [5.41, 5.74) is 0.774. The van der Waals surface area contributed by atoms with Crippen molar-refractivity contribution in [2.24, 2.45) is 0 Å². The number of hydrogen-bond acceptors (Lipinski definition) is 4. The third-order valence-electron chi connectivity index (χ3n) is 4.74. The van der Waals surface area contributed by atoms with E-state index in [0.29, 0.717) is 13.2 Å². The second-order valence-electron chi connectivity index (χ2n) is 6.29. The molecule has 4 heteroatoms. The van der Waals surface area contributed by atoms with E-state index < -0.39 is 0 Å². The molecule has 2 aliphatic heterocycles. The Kier molecular flexibility index (Phi) is 4.57. The maximum Gasteiger partial charge on any atom is 0.0925 e. The Labute approximate surface area is 126 Å². The van der Waals surface area contributed by atoms with Gasteiger partial charge in [-0.3, -0.25) is 4.98 Å². The molecular formula is C17H25NO3. The predicted molar refractivity (Wildman–Crippen MR) is 80.0 cm³/mol. The van der Waals surface area contributed by atoms with E-state index >= 15 is 0 Å². The van der Waals surface area contributed by atoms with E-state index in [1.54, 1.807) is 6.20 Å². The lowest BCUT2D eigenvalue weighted by Crippen LogP contribution is -2.43. The zero-order valence-electron chi connectivity index (χ0n) is 12.8. The van der Waals surface area contributed by atoms with Crippen molar-refractivity contribution in [1.29, 1.82) is 0 Å². The van der Waals surface area contributed by atoms with Gasteiger partial charge in [-0.15, -0.1) is 0 Å². The van der Waals surface area contributed by atoms with Crippen LogP contribution in [0.5, 0.6) is 0 Å². The van der Waals surface area contributed by atoms with E-state index in [4.69, 9.17) is 14.2 Å². The molecule has 116 valence electrons. The number of ether oxygens (including phenoxy) is 3. The van der Waals surface area contributed by atoms with Crippen LogP contribution in [-0.4, -0.2) is 36.0 Å². The summed E-state index contributed by atoms with van der Waals surface area (Å²) in [5.74, 6) is 0. The Morgan fingerprint density at radius 2 is 2.24 bits per heavy atom. The minimum atomic E-state index is -0.143. The first-order chi connectivity index (χ1) is 10.3. The fourth-order valence-corrected chi connectivity index (χ4v) is 3.40. The largest absolute Gasteiger partial charge is 0.378 e. The van der Waals surface area contributed by atoms with E-state index in [1.165, 1.54) is 0 Å². The van der Waals surface area contributed by atoms with Crippen LogP contribution >= 0.6 is 0 Å². The lowest BCUT2D eigenvalue weighted by atomic mass is 9.91. The molecule has 2 fully saturated rings. The molecule has 3 rings (SSSR count). The fraction of sp³-hybridized carbons (Fsp3) is 0.706. The molecule has 0 radical (unpaired) electrons. The van der Waals surface area contributed by atoms with Crippen molar-refractivity contribution >= 4 is 0 Å². The van der Waals surface area contributed by atoms with Crippen LogP contribution in [0, 0.1) is 0 Å². The van der Waals surface area contributed by atoms with Gasteiger partial charge in [-0.1, -0.05) is 13.0 Å². The van der Waals surface area contributed by atoms with Crippen LogP contribution in [0.1, 0.15) is 44.7 Å². The highest BCUT2D eigenvalue weighted by molar-refractivity contribution is 5.02. The molecule has 0 N–H and O–H groups in total. The number of pyridine rings is 1. The molecule has 0 aromatic carbocycles. The molecule has 1 aromatic rings. The Morgan fingerprint density at radius 1 is 1.29 bits per heavy atom. The second-order valence-corrected chi connectivity index (χ2v) is 6.29. The molecule has 2 aliphatic rings. The van der Waals surface area contributed by atoms with Crippen LogP contribution in [0.4, 0.5) is 0 Å². The van der Waals surface area contributed by atoms with Crippen LogP contribution < -0.4 is 0 Å². The summed E-state index contributed by atoms with van der Waals surface area (Å²) in [6.07, 6.45) is 7.16. The van der Waals surface area contributed by atoms with E-state index in [-0.39, 0.29) is 11.2 Å². The van der Waals surface area contributed by atoms with Crippen molar-refractivity contribution in [1.82, 2.24) is 4.98 Å². The van der Waals surface area contributed by atoms with Crippen molar-refractivity contribution < 1.29 is 14.2 Å². The Bertz CT molecular complexity index is 445. The lowest BCUT2D eigenvalue weighted by Gasteiger charge is -2.37. The highest BCUT2D eigenvalue weighted by Gasteiger charge is 2.49. The highest BCUT2D eigenvalue weighted by atomic mass is 16.6. The van der Waals surface area contributed by atoms with Crippen molar-refractivity contribution in [2.45, 2.75) is 56.8 Å². The van der Waals surface area contributed by atoms with Gasteiger partial charge in [-0.25, -0.2) is 0 Å². The van der Waals surface area contributed by atoms with Crippen LogP contribution in [0.2, 0.25) is 0 Å². The number of hydrogen-bond donors (Lipinski definition) is 0. The van der Waals surface area contributed by atoms with Gasteiger partial charge in [0.05, 0.1) is 36.7 Å². The summed E-state index contributed by atoms with van der Waals surface area (Å²) < 4.78 is 18.0. The van der Waals surface area contributed by atoms with Crippen LogP contribution in [-0.2, 0) is 20.8 Å². The van der Waals surface area contributed by atoms with Gasteiger partial charge < -0.3 is 14.2 Å². The molecule has 2 atom stereocenters.